The molecule has 1 aromatic heterocycles. The summed E-state index contributed by atoms with van der Waals surface area (Å²) in [5.41, 5.74) is 6.08. The van der Waals surface area contributed by atoms with Crippen LogP contribution in [-0.2, 0) is 4.79 Å². The van der Waals surface area contributed by atoms with E-state index >= 15 is 0 Å². The summed E-state index contributed by atoms with van der Waals surface area (Å²) in [7, 11) is 0. The average molecular weight is 369 g/mol. The van der Waals surface area contributed by atoms with Crippen molar-refractivity contribution < 1.29 is 9.53 Å². The Morgan fingerprint density at radius 2 is 2.14 bits per heavy atom. The van der Waals surface area contributed by atoms with Gasteiger partial charge in [-0.15, -0.1) is 11.3 Å². The second-order valence-corrected chi connectivity index (χ2v) is 6.48. The minimum Gasteiger partial charge on any atom is -0.493 e. The smallest absolute Gasteiger partial charge is 0.220 e. The number of primary amides is 1. The van der Waals surface area contributed by atoms with E-state index in [0.29, 0.717) is 6.61 Å². The number of ether oxygens (including phenoxy) is 1. The quantitative estimate of drug-likeness (QED) is 0.777. The standard InChI is InChI=1S/C15H17BrN2O2S/c1-10(14-8-11(16)9-21-14)18-12-2-4-13(5-3-12)20-7-6-15(17)19/h2-5,8-10,18H,6-7H2,1H3,(H2,17,19). The molecular weight excluding hydrogens is 352 g/mol. The molecule has 1 amide bonds. The molecule has 1 aromatic carbocycles. The van der Waals surface area contributed by atoms with Crippen LogP contribution >= 0.6 is 27.3 Å². The Morgan fingerprint density at radius 1 is 1.43 bits per heavy atom. The minimum atomic E-state index is -0.357. The highest BCUT2D eigenvalue weighted by atomic mass is 79.9. The van der Waals surface area contributed by atoms with Gasteiger partial charge in [0.25, 0.3) is 0 Å². The molecule has 3 N–H and O–H groups in total. The predicted octanol–water partition coefficient (Wildman–Crippen LogP) is 3.94. The molecule has 112 valence electrons. The predicted molar refractivity (Wildman–Crippen MR) is 89.8 cm³/mol. The van der Waals surface area contributed by atoms with E-state index in [9.17, 15) is 4.79 Å². The fourth-order valence-corrected chi connectivity index (χ4v) is 3.25. The van der Waals surface area contributed by atoms with E-state index in [0.717, 1.165) is 15.9 Å². The number of hydrogen-bond acceptors (Lipinski definition) is 4. The van der Waals surface area contributed by atoms with Gasteiger partial charge in [0.05, 0.1) is 19.1 Å². The third kappa shape index (κ3) is 5.06. The molecule has 0 fully saturated rings. The maximum atomic E-state index is 10.6. The van der Waals surface area contributed by atoms with Gasteiger partial charge in [-0.05, 0) is 53.2 Å². The van der Waals surface area contributed by atoms with Crippen molar-refractivity contribution in [1.82, 2.24) is 0 Å². The summed E-state index contributed by atoms with van der Waals surface area (Å²) in [6.45, 7) is 2.43. The number of nitrogens with one attached hydrogen (secondary N) is 1. The van der Waals surface area contributed by atoms with Gasteiger partial charge >= 0.3 is 0 Å². The van der Waals surface area contributed by atoms with E-state index in [1.807, 2.05) is 24.3 Å². The van der Waals surface area contributed by atoms with Crippen molar-refractivity contribution in [2.45, 2.75) is 19.4 Å². The number of carbonyl (C=O) groups excluding carboxylic acids is 1. The molecule has 4 nitrogen and oxygen atoms in total. The molecule has 1 heterocycles. The second-order valence-electron chi connectivity index (χ2n) is 4.62. The van der Waals surface area contributed by atoms with Crippen molar-refractivity contribution in [3.63, 3.8) is 0 Å². The Labute approximate surface area is 136 Å². The van der Waals surface area contributed by atoms with E-state index < -0.39 is 0 Å². The number of halogens is 1. The normalized spacial score (nSPS) is 11.9. The summed E-state index contributed by atoms with van der Waals surface area (Å²) in [5, 5.41) is 5.51. The first-order valence-electron chi connectivity index (χ1n) is 6.56. The maximum Gasteiger partial charge on any atom is 0.220 e. The van der Waals surface area contributed by atoms with Crippen LogP contribution in [0.4, 0.5) is 5.69 Å². The molecule has 0 bridgehead atoms. The van der Waals surface area contributed by atoms with Gasteiger partial charge in [-0.2, -0.15) is 0 Å². The van der Waals surface area contributed by atoms with Gasteiger partial charge < -0.3 is 15.8 Å². The van der Waals surface area contributed by atoms with E-state index in [-0.39, 0.29) is 18.4 Å². The number of amides is 1. The van der Waals surface area contributed by atoms with Crippen LogP contribution in [0.15, 0.2) is 40.2 Å². The monoisotopic (exact) mass is 368 g/mol. The molecule has 2 aromatic rings. The van der Waals surface area contributed by atoms with Gasteiger partial charge in [-0.25, -0.2) is 0 Å². The summed E-state index contributed by atoms with van der Waals surface area (Å²) in [6, 6.07) is 10.0. The lowest BCUT2D eigenvalue weighted by Gasteiger charge is -2.14. The van der Waals surface area contributed by atoms with E-state index in [1.54, 1.807) is 11.3 Å². The van der Waals surface area contributed by atoms with Crippen molar-refractivity contribution in [2.75, 3.05) is 11.9 Å². The van der Waals surface area contributed by atoms with Gasteiger partial charge in [0.2, 0.25) is 5.91 Å². The van der Waals surface area contributed by atoms with Crippen molar-refractivity contribution >= 4 is 38.9 Å². The third-order valence-corrected chi connectivity index (χ3v) is 4.75. The van der Waals surface area contributed by atoms with Crippen LogP contribution in [-0.4, -0.2) is 12.5 Å². The zero-order valence-electron chi connectivity index (χ0n) is 11.6. The van der Waals surface area contributed by atoms with E-state index in [4.69, 9.17) is 10.5 Å². The molecule has 1 atom stereocenters. The summed E-state index contributed by atoms with van der Waals surface area (Å²) in [6.07, 6.45) is 0.226. The Hall–Kier alpha value is -1.53. The Bertz CT molecular complexity index is 598. The first-order chi connectivity index (χ1) is 10.0. The second kappa shape index (κ2) is 7.47. The lowest BCUT2D eigenvalue weighted by Crippen LogP contribution is -2.14. The average Bonchev–Trinajstić information content (AvgIpc) is 2.87. The number of hydrogen-bond donors (Lipinski definition) is 2. The van der Waals surface area contributed by atoms with Gasteiger partial charge in [0.1, 0.15) is 5.75 Å². The molecule has 21 heavy (non-hydrogen) atoms. The highest BCUT2D eigenvalue weighted by Crippen LogP contribution is 2.28. The van der Waals surface area contributed by atoms with E-state index in [1.165, 1.54) is 4.88 Å². The molecule has 0 aliphatic rings. The van der Waals surface area contributed by atoms with Gasteiger partial charge in [0, 0.05) is 20.4 Å². The molecular formula is C15H17BrN2O2S. The highest BCUT2D eigenvalue weighted by molar-refractivity contribution is 9.10. The molecule has 0 radical (unpaired) electrons. The summed E-state index contributed by atoms with van der Waals surface area (Å²) in [5.74, 6) is 0.373. The first kappa shape index (κ1) is 15.9. The van der Waals surface area contributed by atoms with Crippen LogP contribution in [0.1, 0.15) is 24.3 Å². The molecule has 6 heteroatoms. The summed E-state index contributed by atoms with van der Waals surface area (Å²) >= 11 is 5.18. The van der Waals surface area contributed by atoms with Crippen LogP contribution < -0.4 is 15.8 Å². The highest BCUT2D eigenvalue weighted by Gasteiger charge is 2.08. The van der Waals surface area contributed by atoms with E-state index in [2.05, 4.69) is 39.6 Å². The molecule has 2 rings (SSSR count). The first-order valence-corrected chi connectivity index (χ1v) is 8.23. The van der Waals surface area contributed by atoms with Crippen LogP contribution in [0, 0.1) is 0 Å². The number of benzene rings is 1. The molecule has 1 unspecified atom stereocenters. The Balaban J connectivity index is 1.88. The van der Waals surface area contributed by atoms with Crippen LogP contribution in [0.5, 0.6) is 5.75 Å². The topological polar surface area (TPSA) is 64.3 Å². The van der Waals surface area contributed by atoms with Crippen molar-refractivity contribution in [1.29, 1.82) is 0 Å². The number of rotatable bonds is 7. The number of nitrogens with two attached hydrogens (primary N) is 1. The molecule has 0 saturated heterocycles. The summed E-state index contributed by atoms with van der Waals surface area (Å²) in [4.78, 5) is 11.9. The zero-order chi connectivity index (χ0) is 15.2. The largest absolute Gasteiger partial charge is 0.493 e. The lowest BCUT2D eigenvalue weighted by atomic mass is 10.2. The zero-order valence-corrected chi connectivity index (χ0v) is 14.0. The molecule has 0 saturated carbocycles. The molecule has 0 aliphatic heterocycles. The van der Waals surface area contributed by atoms with Crippen molar-refractivity contribution in [3.8, 4) is 5.75 Å². The van der Waals surface area contributed by atoms with Crippen molar-refractivity contribution in [3.05, 3.63) is 45.1 Å². The van der Waals surface area contributed by atoms with Gasteiger partial charge in [0.15, 0.2) is 0 Å². The number of anilines is 1. The Morgan fingerprint density at radius 3 is 2.71 bits per heavy atom. The fourth-order valence-electron chi connectivity index (χ4n) is 1.79. The SMILES string of the molecule is CC(Nc1ccc(OCCC(N)=O)cc1)c1cc(Br)cs1. The lowest BCUT2D eigenvalue weighted by molar-refractivity contribution is -0.118. The van der Waals surface area contributed by atoms with Gasteiger partial charge in [-0.3, -0.25) is 4.79 Å². The van der Waals surface area contributed by atoms with Crippen LogP contribution in [0.2, 0.25) is 0 Å². The third-order valence-electron chi connectivity index (χ3n) is 2.87. The van der Waals surface area contributed by atoms with Gasteiger partial charge in [-0.1, -0.05) is 0 Å². The van der Waals surface area contributed by atoms with Crippen LogP contribution in [0.25, 0.3) is 0 Å². The molecule has 0 aliphatic carbocycles. The van der Waals surface area contributed by atoms with Crippen molar-refractivity contribution in [2.24, 2.45) is 5.73 Å². The fraction of sp³-hybridized carbons (Fsp3) is 0.267. The van der Waals surface area contributed by atoms with Crippen LogP contribution in [0.3, 0.4) is 0 Å². The number of carbonyl (C=O) groups is 1. The maximum absolute atomic E-state index is 10.6. The summed E-state index contributed by atoms with van der Waals surface area (Å²) < 4.78 is 6.54. The Kier molecular flexibility index (Phi) is 5.64. The minimum absolute atomic E-state index is 0.226. The number of thiophene rings is 1. The molecule has 0 spiro atoms.